The average molecular weight is 393 g/mol. The summed E-state index contributed by atoms with van der Waals surface area (Å²) >= 11 is 5.17. The van der Waals surface area contributed by atoms with Crippen LogP contribution in [0.2, 0.25) is 0 Å². The lowest BCUT2D eigenvalue weighted by molar-refractivity contribution is -0.0379. The van der Waals surface area contributed by atoms with Crippen LogP contribution in [0.1, 0.15) is 38.1 Å². The first kappa shape index (κ1) is 19.0. The minimum atomic E-state index is -0.134. The summed E-state index contributed by atoms with van der Waals surface area (Å²) in [5, 5.41) is 3.13. The van der Waals surface area contributed by atoms with Crippen LogP contribution in [0.3, 0.4) is 0 Å². The van der Waals surface area contributed by atoms with Gasteiger partial charge in [-0.2, -0.15) is 0 Å². The van der Waals surface area contributed by atoms with Crippen molar-refractivity contribution in [3.8, 4) is 0 Å². The number of thiophene rings is 1. The molecule has 134 valence electrons. The molecule has 25 heavy (non-hydrogen) atoms. The largest absolute Gasteiger partial charge is 0.370 e. The van der Waals surface area contributed by atoms with Crippen LogP contribution in [0.5, 0.6) is 0 Å². The molecule has 2 aromatic rings. The number of thioether (sulfide) groups is 2. The molecule has 2 aromatic heterocycles. The summed E-state index contributed by atoms with van der Waals surface area (Å²) in [5.41, 5.74) is 3.52. The summed E-state index contributed by atoms with van der Waals surface area (Å²) in [7, 11) is 0. The van der Waals surface area contributed by atoms with Crippen molar-refractivity contribution in [1.29, 1.82) is 0 Å². The fourth-order valence-electron chi connectivity index (χ4n) is 2.64. The summed E-state index contributed by atoms with van der Waals surface area (Å²) in [6.07, 6.45) is 0.907. The van der Waals surface area contributed by atoms with E-state index < -0.39 is 0 Å². The van der Waals surface area contributed by atoms with Crippen LogP contribution in [0, 0.1) is 0 Å². The second kappa shape index (κ2) is 7.43. The minimum Gasteiger partial charge on any atom is -0.370 e. The normalized spacial score (nSPS) is 16.0. The van der Waals surface area contributed by atoms with Crippen molar-refractivity contribution in [3.63, 3.8) is 0 Å². The molecule has 0 atom stereocenters. The Labute approximate surface area is 162 Å². The second-order valence-electron chi connectivity index (χ2n) is 7.21. The Kier molecular flexibility index (Phi) is 5.63. The monoisotopic (exact) mass is 392 g/mol. The fraction of sp³-hybridized carbons (Fsp3) is 0.474. The van der Waals surface area contributed by atoms with E-state index in [0.717, 1.165) is 44.1 Å². The summed E-state index contributed by atoms with van der Waals surface area (Å²) in [5.74, 6) is 1.72. The van der Waals surface area contributed by atoms with Gasteiger partial charge in [0.05, 0.1) is 12.2 Å². The highest BCUT2D eigenvalue weighted by Crippen LogP contribution is 2.42. The molecule has 0 saturated carbocycles. The average Bonchev–Trinajstić information content (AvgIpc) is 2.87. The molecule has 3 nitrogen and oxygen atoms in total. The Morgan fingerprint density at radius 3 is 2.52 bits per heavy atom. The predicted molar refractivity (Wildman–Crippen MR) is 111 cm³/mol. The number of nitrogens with zero attached hydrogens (tertiary/aromatic N) is 2. The van der Waals surface area contributed by atoms with E-state index in [-0.39, 0.29) is 5.60 Å². The fourth-order valence-corrected chi connectivity index (χ4v) is 5.51. The van der Waals surface area contributed by atoms with Gasteiger partial charge < -0.3 is 4.74 Å². The van der Waals surface area contributed by atoms with Gasteiger partial charge in [0.25, 0.3) is 0 Å². The molecule has 0 aliphatic carbocycles. The van der Waals surface area contributed by atoms with Gasteiger partial charge in [0, 0.05) is 28.2 Å². The van der Waals surface area contributed by atoms with E-state index in [4.69, 9.17) is 14.7 Å². The SMILES string of the molecule is C=C(C)CSc1nc(SCC(=C)C)c2c3c(sc2n1)COC(C)(C)C3. The molecule has 0 radical (unpaired) electrons. The van der Waals surface area contributed by atoms with Crippen LogP contribution in [-0.4, -0.2) is 27.1 Å². The van der Waals surface area contributed by atoms with Crippen molar-refractivity contribution in [3.05, 3.63) is 34.7 Å². The highest BCUT2D eigenvalue weighted by Gasteiger charge is 2.31. The molecule has 1 aliphatic heterocycles. The first-order chi connectivity index (χ1) is 11.7. The van der Waals surface area contributed by atoms with E-state index in [1.54, 1.807) is 34.9 Å². The Bertz CT molecular complexity index is 839. The molecule has 0 aromatic carbocycles. The van der Waals surface area contributed by atoms with Gasteiger partial charge in [0.1, 0.15) is 9.86 Å². The van der Waals surface area contributed by atoms with E-state index in [0.29, 0.717) is 6.61 Å². The molecule has 0 amide bonds. The maximum atomic E-state index is 5.99. The molecule has 0 fully saturated rings. The molecule has 1 aliphatic rings. The maximum absolute atomic E-state index is 5.99. The predicted octanol–water partition coefficient (Wildman–Crippen LogP) is 5.88. The van der Waals surface area contributed by atoms with Crippen LogP contribution >= 0.6 is 34.9 Å². The third-order valence-electron chi connectivity index (χ3n) is 3.78. The maximum Gasteiger partial charge on any atom is 0.190 e. The van der Waals surface area contributed by atoms with Gasteiger partial charge in [0.2, 0.25) is 0 Å². The zero-order valence-electron chi connectivity index (χ0n) is 15.3. The zero-order chi connectivity index (χ0) is 18.2. The minimum absolute atomic E-state index is 0.134. The summed E-state index contributed by atoms with van der Waals surface area (Å²) < 4.78 is 5.99. The molecular weight excluding hydrogens is 368 g/mol. The summed E-state index contributed by atoms with van der Waals surface area (Å²) in [6.45, 7) is 17.1. The lowest BCUT2D eigenvalue weighted by atomic mass is 9.95. The molecule has 0 unspecified atom stereocenters. The van der Waals surface area contributed by atoms with Crippen molar-refractivity contribution < 1.29 is 4.74 Å². The smallest absolute Gasteiger partial charge is 0.190 e. The number of hydrogen-bond acceptors (Lipinski definition) is 6. The van der Waals surface area contributed by atoms with E-state index in [1.807, 2.05) is 6.92 Å². The number of rotatable bonds is 6. The Hall–Kier alpha value is -0.820. The van der Waals surface area contributed by atoms with Gasteiger partial charge in [-0.3, -0.25) is 0 Å². The number of fused-ring (bicyclic) bond motifs is 3. The lowest BCUT2D eigenvalue weighted by Crippen LogP contribution is -2.31. The Morgan fingerprint density at radius 1 is 1.16 bits per heavy atom. The lowest BCUT2D eigenvalue weighted by Gasteiger charge is -2.30. The number of ether oxygens (including phenoxy) is 1. The van der Waals surface area contributed by atoms with E-state index >= 15 is 0 Å². The molecule has 0 N–H and O–H groups in total. The molecule has 6 heteroatoms. The zero-order valence-corrected chi connectivity index (χ0v) is 17.7. The standard InChI is InChI=1S/C19H24N2OS3/c1-11(2)9-23-16-15-13-7-19(5,6)22-8-14(13)25-17(15)21-18(20-16)24-10-12(3)4/h1,3,7-10H2,2,4-6H3. The van der Waals surface area contributed by atoms with E-state index in [1.165, 1.54) is 15.8 Å². The van der Waals surface area contributed by atoms with Gasteiger partial charge >= 0.3 is 0 Å². The van der Waals surface area contributed by atoms with Crippen molar-refractivity contribution >= 4 is 45.1 Å². The van der Waals surface area contributed by atoms with Gasteiger partial charge in [0.15, 0.2) is 5.16 Å². The van der Waals surface area contributed by atoms with Crippen LogP contribution in [0.15, 0.2) is 34.5 Å². The van der Waals surface area contributed by atoms with E-state index in [9.17, 15) is 0 Å². The Morgan fingerprint density at radius 2 is 1.84 bits per heavy atom. The van der Waals surface area contributed by atoms with Gasteiger partial charge in [-0.05, 0) is 33.3 Å². The van der Waals surface area contributed by atoms with Crippen molar-refractivity contribution in [2.75, 3.05) is 11.5 Å². The Balaban J connectivity index is 2.07. The van der Waals surface area contributed by atoms with Gasteiger partial charge in [-0.25, -0.2) is 9.97 Å². The van der Waals surface area contributed by atoms with E-state index in [2.05, 4.69) is 33.9 Å². The third-order valence-corrected chi connectivity index (χ3v) is 7.16. The van der Waals surface area contributed by atoms with Crippen LogP contribution < -0.4 is 0 Å². The van der Waals surface area contributed by atoms with Crippen molar-refractivity contribution in [2.45, 2.75) is 56.5 Å². The quantitative estimate of drug-likeness (QED) is 0.265. The first-order valence-corrected chi connectivity index (χ1v) is 11.0. The topological polar surface area (TPSA) is 35.0 Å². The summed E-state index contributed by atoms with van der Waals surface area (Å²) in [4.78, 5) is 12.1. The molecular formula is C19H24N2OS3. The third kappa shape index (κ3) is 4.48. The molecule has 3 rings (SSSR count). The molecule has 0 spiro atoms. The van der Waals surface area contributed by atoms with Crippen LogP contribution in [0.25, 0.3) is 10.2 Å². The number of aromatic nitrogens is 2. The van der Waals surface area contributed by atoms with Crippen LogP contribution in [0.4, 0.5) is 0 Å². The number of hydrogen-bond donors (Lipinski definition) is 0. The van der Waals surface area contributed by atoms with Crippen molar-refractivity contribution in [2.24, 2.45) is 0 Å². The molecule has 0 saturated heterocycles. The molecule has 3 heterocycles. The summed E-state index contributed by atoms with van der Waals surface area (Å²) in [6, 6.07) is 0. The van der Waals surface area contributed by atoms with Crippen molar-refractivity contribution in [1.82, 2.24) is 9.97 Å². The van der Waals surface area contributed by atoms with Gasteiger partial charge in [-0.1, -0.05) is 36.1 Å². The van der Waals surface area contributed by atoms with Gasteiger partial charge in [-0.15, -0.1) is 23.1 Å². The highest BCUT2D eigenvalue weighted by molar-refractivity contribution is 8.00. The highest BCUT2D eigenvalue weighted by atomic mass is 32.2. The second-order valence-corrected chi connectivity index (χ2v) is 10.2. The van der Waals surface area contributed by atoms with Crippen LogP contribution in [-0.2, 0) is 17.8 Å². The first-order valence-electron chi connectivity index (χ1n) is 8.26. The molecule has 0 bridgehead atoms.